The van der Waals surface area contributed by atoms with E-state index in [1.165, 1.54) is 12.8 Å². The molecule has 0 saturated carbocycles. The molecule has 9 heavy (non-hydrogen) atoms. The lowest BCUT2D eigenvalue weighted by Gasteiger charge is -1.91. The van der Waals surface area contributed by atoms with Crippen LogP contribution in [0.25, 0.3) is 0 Å². The van der Waals surface area contributed by atoms with E-state index < -0.39 is 0 Å². The first kappa shape index (κ1) is 8.50. The van der Waals surface area contributed by atoms with Gasteiger partial charge in [0.1, 0.15) is 0 Å². The summed E-state index contributed by atoms with van der Waals surface area (Å²) in [6.07, 6.45) is 7.51. The largest absolute Gasteiger partial charge is 0.280 e. The average molecular weight is 129 g/mol. The zero-order valence-corrected chi connectivity index (χ0v) is 6.18. The van der Waals surface area contributed by atoms with Crippen LogP contribution in [-0.4, -0.2) is 7.11 Å². The maximum absolute atomic E-state index is 4.59. The number of unbranched alkanes of at least 4 members (excludes halogenated alkanes) is 2. The van der Waals surface area contributed by atoms with Crippen molar-refractivity contribution in [2.75, 3.05) is 7.11 Å². The highest BCUT2D eigenvalue weighted by Crippen LogP contribution is 1.93. The van der Waals surface area contributed by atoms with Crippen molar-refractivity contribution in [1.29, 1.82) is 0 Å². The molecule has 0 radical (unpaired) electrons. The van der Waals surface area contributed by atoms with Crippen LogP contribution in [0, 0.1) is 0 Å². The third-order valence-electron chi connectivity index (χ3n) is 1.03. The molecule has 2 heteroatoms. The molecule has 0 aromatic carbocycles. The Bertz CT molecular complexity index is 71.3. The van der Waals surface area contributed by atoms with E-state index in [-0.39, 0.29) is 0 Å². The Morgan fingerprint density at radius 3 is 2.89 bits per heavy atom. The second kappa shape index (κ2) is 7.50. The lowest BCUT2D eigenvalue weighted by Crippen LogP contribution is -1.99. The molecule has 0 fully saturated rings. The Hall–Kier alpha value is -0.500. The Labute approximate surface area is 56.9 Å². The van der Waals surface area contributed by atoms with E-state index in [2.05, 4.69) is 23.3 Å². The molecule has 1 N–H and O–H groups in total. The lowest BCUT2D eigenvalue weighted by atomic mass is 10.2. The summed E-state index contributed by atoms with van der Waals surface area (Å²) in [6, 6.07) is 0. The van der Waals surface area contributed by atoms with Gasteiger partial charge in [0.05, 0.1) is 7.11 Å². The van der Waals surface area contributed by atoms with Crippen LogP contribution in [-0.2, 0) is 4.84 Å². The van der Waals surface area contributed by atoms with Gasteiger partial charge >= 0.3 is 0 Å². The predicted molar refractivity (Wildman–Crippen MR) is 38.8 cm³/mol. The molecule has 0 unspecified atom stereocenters. The maximum Gasteiger partial charge on any atom is 0.0636 e. The van der Waals surface area contributed by atoms with Crippen molar-refractivity contribution in [2.24, 2.45) is 0 Å². The molecule has 0 spiro atoms. The second-order valence-corrected chi connectivity index (χ2v) is 1.87. The maximum atomic E-state index is 4.59. The molecule has 0 bridgehead atoms. The molecule has 0 heterocycles. The summed E-state index contributed by atoms with van der Waals surface area (Å²) >= 11 is 0. The average Bonchev–Trinajstić information content (AvgIpc) is 1.89. The van der Waals surface area contributed by atoms with Gasteiger partial charge in [0, 0.05) is 6.20 Å². The van der Waals surface area contributed by atoms with Gasteiger partial charge in [0.25, 0.3) is 0 Å². The molecule has 2 nitrogen and oxygen atoms in total. The molecule has 0 aromatic heterocycles. The minimum absolute atomic E-state index is 1.13. The van der Waals surface area contributed by atoms with Gasteiger partial charge < -0.3 is 0 Å². The van der Waals surface area contributed by atoms with Crippen LogP contribution >= 0.6 is 0 Å². The first-order valence-corrected chi connectivity index (χ1v) is 3.35. The molecule has 0 saturated heterocycles. The highest BCUT2D eigenvalue weighted by Gasteiger charge is 1.75. The van der Waals surface area contributed by atoms with Crippen LogP contribution in [0.2, 0.25) is 0 Å². The molecule has 0 aliphatic carbocycles. The van der Waals surface area contributed by atoms with Gasteiger partial charge in [0.15, 0.2) is 0 Å². The van der Waals surface area contributed by atoms with Crippen LogP contribution in [0.4, 0.5) is 0 Å². The van der Waals surface area contributed by atoms with Gasteiger partial charge in [-0.1, -0.05) is 25.8 Å². The standard InChI is InChI=1S/C7H15NO/c1-3-4-5-6-7-8-9-2/h6-8H,3-5H2,1-2H3. The molecule has 0 aliphatic heterocycles. The van der Waals surface area contributed by atoms with Crippen LogP contribution in [0.5, 0.6) is 0 Å². The highest BCUT2D eigenvalue weighted by atomic mass is 16.6. The zero-order chi connectivity index (χ0) is 6.95. The number of rotatable bonds is 5. The van der Waals surface area contributed by atoms with E-state index in [1.807, 2.05) is 6.20 Å². The van der Waals surface area contributed by atoms with Crippen molar-refractivity contribution in [3.05, 3.63) is 12.3 Å². The van der Waals surface area contributed by atoms with Gasteiger partial charge in [-0.05, 0) is 6.42 Å². The van der Waals surface area contributed by atoms with Crippen molar-refractivity contribution >= 4 is 0 Å². The molecule has 0 aliphatic rings. The molecule has 0 rings (SSSR count). The first-order valence-electron chi connectivity index (χ1n) is 3.35. The monoisotopic (exact) mass is 129 g/mol. The van der Waals surface area contributed by atoms with Crippen molar-refractivity contribution in [3.8, 4) is 0 Å². The summed E-state index contributed by atoms with van der Waals surface area (Å²) in [5.41, 5.74) is 2.63. The van der Waals surface area contributed by atoms with E-state index in [4.69, 9.17) is 0 Å². The molecular weight excluding hydrogens is 114 g/mol. The predicted octanol–water partition coefficient (Wildman–Crippen LogP) is 1.84. The normalized spacial score (nSPS) is 10.4. The van der Waals surface area contributed by atoms with E-state index in [1.54, 1.807) is 7.11 Å². The van der Waals surface area contributed by atoms with Gasteiger partial charge in [0.2, 0.25) is 0 Å². The van der Waals surface area contributed by atoms with Crippen molar-refractivity contribution in [1.82, 2.24) is 5.48 Å². The number of nitrogens with one attached hydrogen (secondary N) is 1. The summed E-state index contributed by atoms with van der Waals surface area (Å²) < 4.78 is 0. The SMILES string of the molecule is CCCCC=CNOC. The van der Waals surface area contributed by atoms with Crippen molar-refractivity contribution in [2.45, 2.75) is 26.2 Å². The summed E-state index contributed by atoms with van der Waals surface area (Å²) in [6.45, 7) is 2.18. The van der Waals surface area contributed by atoms with Crippen LogP contribution in [0.15, 0.2) is 12.3 Å². The lowest BCUT2D eigenvalue weighted by molar-refractivity contribution is 0.128. The van der Waals surface area contributed by atoms with E-state index in [0.717, 1.165) is 6.42 Å². The van der Waals surface area contributed by atoms with Crippen LogP contribution < -0.4 is 5.48 Å². The molecule has 0 amide bonds. The quantitative estimate of drug-likeness (QED) is 0.451. The van der Waals surface area contributed by atoms with Gasteiger partial charge in [-0.3, -0.25) is 10.3 Å². The van der Waals surface area contributed by atoms with Crippen LogP contribution in [0.3, 0.4) is 0 Å². The van der Waals surface area contributed by atoms with Gasteiger partial charge in [-0.15, -0.1) is 0 Å². The summed E-state index contributed by atoms with van der Waals surface area (Å²) in [5, 5.41) is 0. The van der Waals surface area contributed by atoms with Gasteiger partial charge in [-0.25, -0.2) is 0 Å². The number of allylic oxidation sites excluding steroid dienone is 1. The van der Waals surface area contributed by atoms with E-state index in [0.29, 0.717) is 0 Å². The van der Waals surface area contributed by atoms with Crippen LogP contribution in [0.1, 0.15) is 26.2 Å². The molecule has 0 aromatic rings. The number of hydrogen-bond acceptors (Lipinski definition) is 2. The minimum Gasteiger partial charge on any atom is -0.280 e. The van der Waals surface area contributed by atoms with E-state index >= 15 is 0 Å². The summed E-state index contributed by atoms with van der Waals surface area (Å²) in [7, 11) is 1.60. The number of hydroxylamine groups is 1. The zero-order valence-electron chi connectivity index (χ0n) is 6.18. The van der Waals surface area contributed by atoms with Crippen molar-refractivity contribution in [3.63, 3.8) is 0 Å². The topological polar surface area (TPSA) is 21.3 Å². The Morgan fingerprint density at radius 1 is 1.56 bits per heavy atom. The summed E-state index contributed by atoms with van der Waals surface area (Å²) in [4.78, 5) is 4.59. The molecular formula is C7H15NO. The first-order chi connectivity index (χ1) is 4.41. The Balaban J connectivity index is 2.86. The fourth-order valence-electron chi connectivity index (χ4n) is 0.521. The Kier molecular flexibility index (Phi) is 7.08. The summed E-state index contributed by atoms with van der Waals surface area (Å²) in [5.74, 6) is 0. The third-order valence-corrected chi connectivity index (χ3v) is 1.03. The minimum atomic E-state index is 1.13. The second-order valence-electron chi connectivity index (χ2n) is 1.87. The van der Waals surface area contributed by atoms with Crippen molar-refractivity contribution < 1.29 is 4.84 Å². The van der Waals surface area contributed by atoms with E-state index in [9.17, 15) is 0 Å². The third kappa shape index (κ3) is 7.50. The fraction of sp³-hybridized carbons (Fsp3) is 0.714. The molecule has 54 valence electrons. The highest BCUT2D eigenvalue weighted by molar-refractivity contribution is 4.75. The fourth-order valence-corrected chi connectivity index (χ4v) is 0.521. The number of hydrogen-bond donors (Lipinski definition) is 1. The Morgan fingerprint density at radius 2 is 2.33 bits per heavy atom. The molecule has 0 atom stereocenters. The smallest absolute Gasteiger partial charge is 0.0636 e. The van der Waals surface area contributed by atoms with Gasteiger partial charge in [-0.2, -0.15) is 0 Å².